The second-order valence-electron chi connectivity index (χ2n) is 13.9. The zero-order valence-electron chi connectivity index (χ0n) is 29.5. The van der Waals surface area contributed by atoms with E-state index in [0.29, 0.717) is 48.4 Å². The first kappa shape index (κ1) is 35.6. The van der Waals surface area contributed by atoms with Gasteiger partial charge in [-0.15, -0.1) is 0 Å². The molecule has 13 nitrogen and oxygen atoms in total. The number of ether oxygens (including phenoxy) is 5. The van der Waals surface area contributed by atoms with E-state index in [1.165, 1.54) is 4.68 Å². The van der Waals surface area contributed by atoms with Crippen molar-refractivity contribution in [3.05, 3.63) is 117 Å². The normalized spacial score (nSPS) is 22.8. The van der Waals surface area contributed by atoms with Crippen LogP contribution in [0.15, 0.2) is 90.2 Å². The number of rotatable bonds is 11. The second kappa shape index (κ2) is 14.8. The van der Waals surface area contributed by atoms with Crippen molar-refractivity contribution in [3.63, 3.8) is 0 Å². The summed E-state index contributed by atoms with van der Waals surface area (Å²) >= 11 is 12.8. The Morgan fingerprint density at radius 3 is 2.19 bits per heavy atom. The van der Waals surface area contributed by atoms with Gasteiger partial charge in [0.25, 0.3) is 0 Å². The number of imidazole rings is 1. The third-order valence-corrected chi connectivity index (χ3v) is 10.3. The number of H-pyrrole nitrogens is 1. The van der Waals surface area contributed by atoms with E-state index in [9.17, 15) is 4.79 Å². The maximum Gasteiger partial charge on any atom is 0.350 e. The van der Waals surface area contributed by atoms with Crippen LogP contribution in [0.1, 0.15) is 25.2 Å². The van der Waals surface area contributed by atoms with E-state index in [4.69, 9.17) is 46.9 Å². The molecule has 3 saturated heterocycles. The van der Waals surface area contributed by atoms with Crippen molar-refractivity contribution in [2.45, 2.75) is 50.6 Å². The van der Waals surface area contributed by atoms with Gasteiger partial charge in [-0.1, -0.05) is 29.3 Å². The van der Waals surface area contributed by atoms with Crippen LogP contribution >= 0.6 is 23.2 Å². The summed E-state index contributed by atoms with van der Waals surface area (Å²) in [6.45, 7) is 8.62. The number of nitrogens with one attached hydrogen (secondary N) is 1. The molecule has 8 rings (SSSR count). The molecule has 1 N–H and O–H groups in total. The van der Waals surface area contributed by atoms with Crippen LogP contribution in [-0.2, 0) is 37.7 Å². The van der Waals surface area contributed by atoms with Crippen LogP contribution in [0.25, 0.3) is 5.69 Å². The number of hydrogen-bond acceptors (Lipinski definition) is 10. The molecule has 0 bridgehead atoms. The van der Waals surface area contributed by atoms with Gasteiger partial charge in [0.15, 0.2) is 5.79 Å². The molecule has 3 aliphatic rings. The van der Waals surface area contributed by atoms with Crippen LogP contribution in [0.5, 0.6) is 5.75 Å². The summed E-state index contributed by atoms with van der Waals surface area (Å²) in [4.78, 5) is 25.3. The average Bonchev–Trinajstić information content (AvgIpc) is 3.97. The van der Waals surface area contributed by atoms with E-state index in [0.717, 1.165) is 54.8 Å². The van der Waals surface area contributed by atoms with E-state index >= 15 is 0 Å². The Bertz CT molecular complexity index is 2060. The van der Waals surface area contributed by atoms with Crippen molar-refractivity contribution in [3.8, 4) is 11.4 Å². The van der Waals surface area contributed by atoms with E-state index in [1.807, 2.05) is 44.2 Å². The summed E-state index contributed by atoms with van der Waals surface area (Å²) in [5.74, 6) is -0.299. The second-order valence-corrected chi connectivity index (χ2v) is 14.7. The van der Waals surface area contributed by atoms with Crippen LogP contribution in [0.3, 0.4) is 0 Å². The first-order valence-corrected chi connectivity index (χ1v) is 18.4. The standard InChI is InChI=1S/C38H41Cl2N7O6/c1-37(2)50-23-31(52-37)21-47-36(48)46(25-43-47)29-6-4-27(5-7-29)44-15-17-45(18-16-44)28-8-10-30(11-9-28)49-22-32-24-51-38(53-32,20-35-41-13-14-42-35)33-12-3-26(39)19-34(33)40/h3-14,19,25,31-32H,15-18,20-24H2,1-2H3,(H,41,42)/t31?,32-,38-/m1/s1. The van der Waals surface area contributed by atoms with E-state index in [-0.39, 0.29) is 17.9 Å². The van der Waals surface area contributed by atoms with E-state index in [2.05, 4.69) is 49.1 Å². The Labute approximate surface area is 316 Å². The Morgan fingerprint density at radius 1 is 0.868 bits per heavy atom. The van der Waals surface area contributed by atoms with Crippen molar-refractivity contribution in [2.75, 3.05) is 55.8 Å². The maximum absolute atomic E-state index is 13.1. The fourth-order valence-corrected chi connectivity index (χ4v) is 7.62. The topological polar surface area (TPSA) is 121 Å². The first-order chi connectivity index (χ1) is 25.6. The van der Waals surface area contributed by atoms with Gasteiger partial charge in [-0.25, -0.2) is 19.0 Å². The van der Waals surface area contributed by atoms with Crippen molar-refractivity contribution in [2.24, 2.45) is 0 Å². The zero-order chi connectivity index (χ0) is 36.6. The molecule has 0 amide bonds. The summed E-state index contributed by atoms with van der Waals surface area (Å²) in [5, 5.41) is 5.30. The fourth-order valence-electron chi connectivity index (χ4n) is 7.06. The molecule has 1 unspecified atom stereocenters. The Balaban J connectivity index is 0.831. The van der Waals surface area contributed by atoms with Gasteiger partial charge in [0, 0.05) is 60.5 Å². The molecule has 15 heteroatoms. The summed E-state index contributed by atoms with van der Waals surface area (Å²) in [7, 11) is 0. The van der Waals surface area contributed by atoms with Gasteiger partial charge in [0.2, 0.25) is 5.79 Å². The van der Waals surface area contributed by atoms with Crippen molar-refractivity contribution >= 4 is 34.6 Å². The maximum atomic E-state index is 13.1. The molecule has 53 heavy (non-hydrogen) atoms. The number of anilines is 2. The van der Waals surface area contributed by atoms with Crippen LogP contribution < -0.4 is 20.2 Å². The minimum Gasteiger partial charge on any atom is -0.491 e. The van der Waals surface area contributed by atoms with Gasteiger partial charge < -0.3 is 38.5 Å². The zero-order valence-corrected chi connectivity index (χ0v) is 31.0. The van der Waals surface area contributed by atoms with Gasteiger partial charge >= 0.3 is 5.69 Å². The molecule has 3 aromatic carbocycles. The lowest BCUT2D eigenvalue weighted by atomic mass is 10.0. The molecule has 5 aromatic rings. The molecule has 3 fully saturated rings. The van der Waals surface area contributed by atoms with Gasteiger partial charge in [0.1, 0.15) is 36.7 Å². The van der Waals surface area contributed by atoms with Gasteiger partial charge in [0.05, 0.1) is 36.9 Å². The molecule has 278 valence electrons. The number of hydrogen-bond donors (Lipinski definition) is 1. The Morgan fingerprint density at radius 2 is 1.55 bits per heavy atom. The minimum absolute atomic E-state index is 0.209. The molecule has 3 aliphatic heterocycles. The Hall–Kier alpha value is -4.37. The SMILES string of the molecule is CC1(C)OCC(Cn2ncn(-c3ccc(N4CCN(c5ccc(OC[C@@H]6CO[C@@](Cc7ncc[nH]7)(c7ccc(Cl)cc7Cl)O6)cc5)CC4)cc3)c2=O)O1. The number of benzene rings is 3. The van der Waals surface area contributed by atoms with Crippen LogP contribution in [-0.4, -0.2) is 88.3 Å². The van der Waals surface area contributed by atoms with Crippen molar-refractivity contribution in [1.29, 1.82) is 0 Å². The first-order valence-electron chi connectivity index (χ1n) is 17.7. The number of piperazine rings is 1. The quantitative estimate of drug-likeness (QED) is 0.187. The Kier molecular flexibility index (Phi) is 9.96. The van der Waals surface area contributed by atoms with Gasteiger partial charge in [-0.05, 0) is 74.5 Å². The predicted octanol–water partition coefficient (Wildman–Crippen LogP) is 5.43. The highest BCUT2D eigenvalue weighted by atomic mass is 35.5. The molecule has 0 aliphatic carbocycles. The molecule has 0 spiro atoms. The highest BCUT2D eigenvalue weighted by Crippen LogP contribution is 2.41. The third kappa shape index (κ3) is 7.82. The third-order valence-electron chi connectivity index (χ3n) is 9.74. The summed E-state index contributed by atoms with van der Waals surface area (Å²) in [6, 6.07) is 21.5. The number of aromatic amines is 1. The average molecular weight is 763 g/mol. The summed E-state index contributed by atoms with van der Waals surface area (Å²) in [5.41, 5.74) is 3.49. The summed E-state index contributed by atoms with van der Waals surface area (Å²) in [6.07, 6.45) is 4.83. The predicted molar refractivity (Wildman–Crippen MR) is 200 cm³/mol. The lowest BCUT2D eigenvalue weighted by Gasteiger charge is -2.37. The number of aromatic nitrogens is 5. The van der Waals surface area contributed by atoms with Gasteiger partial charge in [-0.2, -0.15) is 5.10 Å². The molecule has 2 aromatic heterocycles. The van der Waals surface area contributed by atoms with Crippen LogP contribution in [0.4, 0.5) is 11.4 Å². The highest BCUT2D eigenvalue weighted by Gasteiger charge is 2.45. The van der Waals surface area contributed by atoms with Crippen molar-refractivity contribution < 1.29 is 23.7 Å². The fraction of sp³-hybridized carbons (Fsp3) is 0.395. The molecular weight excluding hydrogens is 721 g/mol. The van der Waals surface area contributed by atoms with E-state index in [1.54, 1.807) is 35.4 Å². The molecule has 5 heterocycles. The molecular formula is C38H41Cl2N7O6. The van der Waals surface area contributed by atoms with Crippen molar-refractivity contribution in [1.82, 2.24) is 24.3 Å². The number of halogens is 2. The van der Waals surface area contributed by atoms with Crippen LogP contribution in [0, 0.1) is 0 Å². The van der Waals surface area contributed by atoms with Gasteiger partial charge in [-0.3, -0.25) is 0 Å². The molecule has 0 radical (unpaired) electrons. The van der Waals surface area contributed by atoms with E-state index < -0.39 is 11.6 Å². The van der Waals surface area contributed by atoms with Crippen LogP contribution in [0.2, 0.25) is 10.0 Å². The highest BCUT2D eigenvalue weighted by molar-refractivity contribution is 6.35. The molecule has 3 atom stereocenters. The largest absolute Gasteiger partial charge is 0.491 e. The smallest absolute Gasteiger partial charge is 0.350 e. The lowest BCUT2D eigenvalue weighted by Crippen LogP contribution is -2.46. The number of nitrogens with zero attached hydrogens (tertiary/aromatic N) is 6. The lowest BCUT2D eigenvalue weighted by molar-refractivity contribution is -0.179. The molecule has 0 saturated carbocycles. The minimum atomic E-state index is -1.12. The monoisotopic (exact) mass is 761 g/mol. The summed E-state index contributed by atoms with van der Waals surface area (Å²) < 4.78 is 33.4.